The third kappa shape index (κ3) is 4.01. The van der Waals surface area contributed by atoms with Crippen molar-refractivity contribution in [2.24, 2.45) is 0 Å². The summed E-state index contributed by atoms with van der Waals surface area (Å²) in [7, 11) is -1.65. The van der Waals surface area contributed by atoms with Crippen molar-refractivity contribution in [2.75, 3.05) is 25.5 Å². The van der Waals surface area contributed by atoms with Gasteiger partial charge in [0.25, 0.3) is 0 Å². The first-order valence-corrected chi connectivity index (χ1v) is 10.5. The quantitative estimate of drug-likeness (QED) is 0.664. The smallest absolute Gasteiger partial charge is 0.208 e. The summed E-state index contributed by atoms with van der Waals surface area (Å²) in [6.07, 6.45) is 3.47. The summed E-state index contributed by atoms with van der Waals surface area (Å²) in [5.74, 6) is -0.462. The van der Waals surface area contributed by atoms with Crippen LogP contribution in [0.25, 0.3) is 10.9 Å². The number of sulfone groups is 1. The minimum absolute atomic E-state index is 0. The molecule has 0 spiro atoms. The zero-order valence-electron chi connectivity index (χ0n) is 15.5. The molecule has 1 fully saturated rings. The Balaban J connectivity index is 0.00000225. The Bertz CT molecular complexity index is 1080. The highest BCUT2D eigenvalue weighted by Crippen LogP contribution is 2.30. The molecule has 0 saturated carbocycles. The van der Waals surface area contributed by atoms with Gasteiger partial charge in [0.2, 0.25) is 9.84 Å². The summed E-state index contributed by atoms with van der Waals surface area (Å²) in [5, 5.41) is 3.81. The van der Waals surface area contributed by atoms with E-state index < -0.39 is 15.7 Å². The molecule has 1 aliphatic rings. The van der Waals surface area contributed by atoms with Crippen molar-refractivity contribution in [2.45, 2.75) is 28.7 Å². The lowest BCUT2D eigenvalue weighted by Gasteiger charge is -2.30. The first-order valence-electron chi connectivity index (χ1n) is 9.00. The van der Waals surface area contributed by atoms with E-state index in [1.807, 2.05) is 6.07 Å². The molecule has 4 rings (SSSR count). The number of nitrogens with zero attached hydrogens (tertiary/aromatic N) is 1. The van der Waals surface area contributed by atoms with E-state index in [0.717, 1.165) is 31.6 Å². The van der Waals surface area contributed by atoms with Gasteiger partial charge in [0.15, 0.2) is 0 Å². The Morgan fingerprint density at radius 1 is 1.14 bits per heavy atom. The molecule has 0 bridgehead atoms. The SMILES string of the molecule is CN1CCC(Nc2cccc(S(=O)(=O)c3c[nH]c4ccc(F)cc34)c2)CC1.Cl. The van der Waals surface area contributed by atoms with Crippen LogP contribution in [-0.2, 0) is 9.84 Å². The van der Waals surface area contributed by atoms with E-state index >= 15 is 0 Å². The minimum Gasteiger partial charge on any atom is -0.382 e. The van der Waals surface area contributed by atoms with Crippen LogP contribution in [0.3, 0.4) is 0 Å². The number of piperidine rings is 1. The van der Waals surface area contributed by atoms with Crippen LogP contribution < -0.4 is 5.32 Å². The van der Waals surface area contributed by atoms with Gasteiger partial charge in [-0.1, -0.05) is 6.07 Å². The maximum absolute atomic E-state index is 13.6. The van der Waals surface area contributed by atoms with Crippen LogP contribution in [-0.4, -0.2) is 44.5 Å². The van der Waals surface area contributed by atoms with E-state index in [0.29, 0.717) is 16.9 Å². The van der Waals surface area contributed by atoms with Crippen LogP contribution in [0.4, 0.5) is 10.1 Å². The Morgan fingerprint density at radius 2 is 1.89 bits per heavy atom. The van der Waals surface area contributed by atoms with Crippen molar-refractivity contribution < 1.29 is 12.8 Å². The molecule has 2 aromatic carbocycles. The zero-order chi connectivity index (χ0) is 19.0. The van der Waals surface area contributed by atoms with Crippen molar-refractivity contribution in [1.29, 1.82) is 0 Å². The average Bonchev–Trinajstić information content (AvgIpc) is 3.08. The van der Waals surface area contributed by atoms with E-state index in [9.17, 15) is 12.8 Å². The van der Waals surface area contributed by atoms with Gasteiger partial charge in [-0.2, -0.15) is 0 Å². The number of nitrogens with one attached hydrogen (secondary N) is 2. The molecule has 8 heteroatoms. The minimum atomic E-state index is -3.76. The lowest BCUT2D eigenvalue weighted by molar-refractivity contribution is 0.264. The van der Waals surface area contributed by atoms with Gasteiger partial charge in [0.05, 0.1) is 9.79 Å². The molecule has 2 heterocycles. The highest BCUT2D eigenvalue weighted by Gasteiger charge is 2.23. The van der Waals surface area contributed by atoms with Gasteiger partial charge in [0, 0.05) is 28.8 Å². The number of aromatic amines is 1. The molecule has 0 radical (unpaired) electrons. The lowest BCUT2D eigenvalue weighted by Crippen LogP contribution is -2.36. The van der Waals surface area contributed by atoms with Gasteiger partial charge < -0.3 is 15.2 Å². The molecule has 0 atom stereocenters. The van der Waals surface area contributed by atoms with Gasteiger partial charge in [-0.25, -0.2) is 12.8 Å². The standard InChI is InChI=1S/C20H22FN3O2S.ClH/c1-24-9-7-15(8-10-24)23-16-3-2-4-17(12-16)27(25,26)20-13-22-19-6-5-14(21)11-18(19)20;/h2-6,11-13,15,22-23H,7-10H2,1H3;1H. The number of hydrogen-bond acceptors (Lipinski definition) is 4. The van der Waals surface area contributed by atoms with E-state index in [1.54, 1.807) is 24.3 Å². The van der Waals surface area contributed by atoms with E-state index in [1.165, 1.54) is 18.3 Å². The maximum Gasteiger partial charge on any atom is 0.208 e. The summed E-state index contributed by atoms with van der Waals surface area (Å²) >= 11 is 0. The summed E-state index contributed by atoms with van der Waals surface area (Å²) in [4.78, 5) is 5.49. The number of hydrogen-bond donors (Lipinski definition) is 2. The zero-order valence-corrected chi connectivity index (χ0v) is 17.1. The molecule has 2 N–H and O–H groups in total. The fraction of sp³-hybridized carbons (Fsp3) is 0.300. The van der Waals surface area contributed by atoms with Crippen molar-refractivity contribution in [3.63, 3.8) is 0 Å². The van der Waals surface area contributed by atoms with E-state index in [2.05, 4.69) is 22.2 Å². The van der Waals surface area contributed by atoms with Crippen molar-refractivity contribution >= 4 is 38.8 Å². The fourth-order valence-corrected chi connectivity index (χ4v) is 5.02. The summed E-state index contributed by atoms with van der Waals surface area (Å²) in [6, 6.07) is 11.3. The molecule has 1 aliphatic heterocycles. The second-order valence-corrected chi connectivity index (χ2v) is 9.01. The molecule has 0 unspecified atom stereocenters. The number of fused-ring (bicyclic) bond motifs is 1. The number of anilines is 1. The number of H-pyrrole nitrogens is 1. The Morgan fingerprint density at radius 3 is 2.64 bits per heavy atom. The second-order valence-electron chi connectivity index (χ2n) is 7.10. The maximum atomic E-state index is 13.6. The monoisotopic (exact) mass is 423 g/mol. The molecule has 0 aliphatic carbocycles. The number of halogens is 2. The Kier molecular flexibility index (Phi) is 5.98. The highest BCUT2D eigenvalue weighted by molar-refractivity contribution is 7.91. The van der Waals surface area contributed by atoms with Crippen LogP contribution in [0.15, 0.2) is 58.5 Å². The van der Waals surface area contributed by atoms with Crippen LogP contribution in [0.2, 0.25) is 0 Å². The molecule has 5 nitrogen and oxygen atoms in total. The number of benzene rings is 2. The molecule has 3 aromatic rings. The fourth-order valence-electron chi connectivity index (χ4n) is 3.56. The van der Waals surface area contributed by atoms with Gasteiger partial charge in [-0.15, -0.1) is 12.4 Å². The molecule has 0 amide bonds. The van der Waals surface area contributed by atoms with Crippen LogP contribution >= 0.6 is 12.4 Å². The van der Waals surface area contributed by atoms with Gasteiger partial charge in [-0.05, 0) is 69.4 Å². The summed E-state index contributed by atoms with van der Waals surface area (Å²) in [5.41, 5.74) is 1.38. The predicted molar refractivity (Wildman–Crippen MR) is 112 cm³/mol. The van der Waals surface area contributed by atoms with Crippen molar-refractivity contribution in [3.8, 4) is 0 Å². The summed E-state index contributed by atoms with van der Waals surface area (Å²) < 4.78 is 39.9. The largest absolute Gasteiger partial charge is 0.382 e. The van der Waals surface area contributed by atoms with Crippen LogP contribution in [0.5, 0.6) is 0 Å². The van der Waals surface area contributed by atoms with Crippen molar-refractivity contribution in [1.82, 2.24) is 9.88 Å². The average molecular weight is 424 g/mol. The first kappa shape index (κ1) is 20.6. The van der Waals surface area contributed by atoms with Crippen LogP contribution in [0, 0.1) is 5.82 Å². The highest BCUT2D eigenvalue weighted by atomic mass is 35.5. The van der Waals surface area contributed by atoms with Gasteiger partial charge in [-0.3, -0.25) is 0 Å². The third-order valence-corrected chi connectivity index (χ3v) is 6.92. The summed E-state index contributed by atoms with van der Waals surface area (Å²) in [6.45, 7) is 2.05. The number of aromatic nitrogens is 1. The molecular weight excluding hydrogens is 401 g/mol. The molecule has 150 valence electrons. The predicted octanol–water partition coefficient (Wildman–Crippen LogP) is 4.07. The number of rotatable bonds is 4. The normalized spacial score (nSPS) is 16.1. The molecule has 28 heavy (non-hydrogen) atoms. The second kappa shape index (κ2) is 8.11. The molecule has 1 aromatic heterocycles. The van der Waals surface area contributed by atoms with Gasteiger partial charge >= 0.3 is 0 Å². The lowest BCUT2D eigenvalue weighted by atomic mass is 10.1. The third-order valence-electron chi connectivity index (χ3n) is 5.13. The van der Waals surface area contributed by atoms with Crippen molar-refractivity contribution in [3.05, 3.63) is 54.5 Å². The Hall–Kier alpha value is -2.09. The van der Waals surface area contributed by atoms with Gasteiger partial charge in [0.1, 0.15) is 5.82 Å². The molecular formula is C20H23ClFN3O2S. The first-order chi connectivity index (χ1) is 12.9. The molecule has 1 saturated heterocycles. The van der Waals surface area contributed by atoms with E-state index in [4.69, 9.17) is 0 Å². The topological polar surface area (TPSA) is 65.2 Å². The van der Waals surface area contributed by atoms with Crippen LogP contribution in [0.1, 0.15) is 12.8 Å². The van der Waals surface area contributed by atoms with E-state index in [-0.39, 0.29) is 22.2 Å². The number of likely N-dealkylation sites (tertiary alicyclic amines) is 1. The Labute approximate surface area is 170 Å².